The van der Waals surface area contributed by atoms with Crippen LogP contribution in [0.1, 0.15) is 0 Å². The predicted molar refractivity (Wildman–Crippen MR) is 19.8 cm³/mol. The van der Waals surface area contributed by atoms with Gasteiger partial charge in [-0.15, -0.1) is 0 Å². The van der Waals surface area contributed by atoms with E-state index in [2.05, 4.69) is 0 Å². The second-order valence-electron chi connectivity index (χ2n) is 1.07. The molecular formula is C3H7NOW. The minimum Gasteiger partial charge on any atom is -0.351 e. The third-order valence-corrected chi connectivity index (χ3v) is 0.211. The van der Waals surface area contributed by atoms with Crippen molar-refractivity contribution in [3.63, 3.8) is 0 Å². The Hall–Kier alpha value is 0.158. The molecule has 6 heavy (non-hydrogen) atoms. The van der Waals surface area contributed by atoms with Crippen molar-refractivity contribution in [2.45, 2.75) is 0 Å². The van der Waals surface area contributed by atoms with Crippen molar-refractivity contribution in [3.8, 4) is 0 Å². The van der Waals surface area contributed by atoms with E-state index in [0.717, 1.165) is 6.41 Å². The van der Waals surface area contributed by atoms with Crippen LogP contribution in [-0.2, 0) is 25.9 Å². The summed E-state index contributed by atoms with van der Waals surface area (Å²) in [6.45, 7) is 0. The van der Waals surface area contributed by atoms with Crippen molar-refractivity contribution in [1.29, 1.82) is 0 Å². The molecule has 0 unspecified atom stereocenters. The largest absolute Gasteiger partial charge is 0.351 e. The molecule has 2 nitrogen and oxygen atoms in total. The average Bonchev–Trinajstić information content (AvgIpc) is 1.38. The first-order valence-corrected chi connectivity index (χ1v) is 1.39. The second kappa shape index (κ2) is 5.16. The standard InChI is InChI=1S/C3H7NO.W/c1-4(2)3-5;/h3H,1-2H3;. The first-order valence-electron chi connectivity index (χ1n) is 1.39. The number of nitrogens with zero attached hydrogens (tertiary/aromatic N) is 1. The number of hydrogen-bond acceptors (Lipinski definition) is 1. The van der Waals surface area contributed by atoms with Crippen LogP contribution in [0.3, 0.4) is 0 Å². The van der Waals surface area contributed by atoms with Crippen LogP contribution in [0, 0.1) is 0 Å². The molecule has 0 spiro atoms. The fourth-order valence-corrected chi connectivity index (χ4v) is 0. The maximum atomic E-state index is 9.43. The molecule has 0 aromatic rings. The third kappa shape index (κ3) is 8.90. The molecule has 1 amide bonds. The quantitative estimate of drug-likeness (QED) is 0.591. The maximum absolute atomic E-state index is 9.43. The molecule has 0 saturated heterocycles. The molecule has 0 bridgehead atoms. The molecule has 3 heteroatoms. The van der Waals surface area contributed by atoms with E-state index in [4.69, 9.17) is 0 Å². The molecular weight excluding hydrogens is 250 g/mol. The van der Waals surface area contributed by atoms with E-state index >= 15 is 0 Å². The fourth-order valence-electron chi connectivity index (χ4n) is 0. The molecule has 0 radical (unpaired) electrons. The van der Waals surface area contributed by atoms with Crippen molar-refractivity contribution in [2.75, 3.05) is 14.1 Å². The third-order valence-electron chi connectivity index (χ3n) is 0.211. The molecule has 0 N–H and O–H groups in total. The van der Waals surface area contributed by atoms with Gasteiger partial charge in [0.25, 0.3) is 0 Å². The van der Waals surface area contributed by atoms with Gasteiger partial charge in [-0.1, -0.05) is 0 Å². The number of carbonyl (C=O) groups is 1. The van der Waals surface area contributed by atoms with Gasteiger partial charge in [0, 0.05) is 35.2 Å². The fraction of sp³-hybridized carbons (Fsp3) is 0.667. The van der Waals surface area contributed by atoms with Crippen LogP contribution < -0.4 is 0 Å². The van der Waals surface area contributed by atoms with E-state index in [1.54, 1.807) is 14.1 Å². The number of amides is 1. The van der Waals surface area contributed by atoms with Crippen LogP contribution in [0.5, 0.6) is 0 Å². The SMILES string of the molecule is CN(C)C=O.[W]. The zero-order valence-corrected chi connectivity index (χ0v) is 6.77. The van der Waals surface area contributed by atoms with Gasteiger partial charge >= 0.3 is 0 Å². The summed E-state index contributed by atoms with van der Waals surface area (Å²) in [5.41, 5.74) is 0. The molecule has 0 heterocycles. The minimum absolute atomic E-state index is 0. The summed E-state index contributed by atoms with van der Waals surface area (Å²) in [6, 6.07) is 0. The first-order chi connectivity index (χ1) is 2.27. The number of hydrogen-bond donors (Lipinski definition) is 0. The summed E-state index contributed by atoms with van der Waals surface area (Å²) in [7, 11) is 3.38. The second-order valence-corrected chi connectivity index (χ2v) is 1.07. The van der Waals surface area contributed by atoms with Crippen LogP contribution in [0.2, 0.25) is 0 Å². The predicted octanol–water partition coefficient (Wildman–Crippen LogP) is -0.298. The van der Waals surface area contributed by atoms with Gasteiger partial charge in [0.1, 0.15) is 0 Å². The van der Waals surface area contributed by atoms with Crippen molar-refractivity contribution >= 4 is 6.41 Å². The van der Waals surface area contributed by atoms with E-state index in [1.807, 2.05) is 0 Å². The van der Waals surface area contributed by atoms with Crippen LogP contribution in [0.15, 0.2) is 0 Å². The summed E-state index contributed by atoms with van der Waals surface area (Å²) in [5.74, 6) is 0. The minimum atomic E-state index is 0. The summed E-state index contributed by atoms with van der Waals surface area (Å²) in [6.07, 6.45) is 0.750. The van der Waals surface area contributed by atoms with Gasteiger partial charge in [-0.3, -0.25) is 4.79 Å². The van der Waals surface area contributed by atoms with E-state index in [9.17, 15) is 4.79 Å². The summed E-state index contributed by atoms with van der Waals surface area (Å²) in [5, 5.41) is 0. The van der Waals surface area contributed by atoms with Crippen LogP contribution in [0.25, 0.3) is 0 Å². The Labute approximate surface area is 51.8 Å². The van der Waals surface area contributed by atoms with E-state index in [1.165, 1.54) is 4.90 Å². The molecule has 0 aromatic carbocycles. The Morgan fingerprint density at radius 1 is 1.50 bits per heavy atom. The van der Waals surface area contributed by atoms with Crippen LogP contribution in [-0.4, -0.2) is 25.4 Å². The molecule has 0 aliphatic heterocycles. The molecule has 0 aromatic heterocycles. The normalized spacial score (nSPS) is 5.67. The topological polar surface area (TPSA) is 20.3 Å². The Kier molecular flexibility index (Phi) is 8.15. The van der Waals surface area contributed by atoms with Gasteiger partial charge in [-0.25, -0.2) is 0 Å². The molecule has 0 aliphatic carbocycles. The Morgan fingerprint density at radius 2 is 1.67 bits per heavy atom. The zero-order valence-electron chi connectivity index (χ0n) is 3.84. The molecule has 0 rings (SSSR count). The van der Waals surface area contributed by atoms with E-state index in [-0.39, 0.29) is 21.1 Å². The van der Waals surface area contributed by atoms with Crippen molar-refractivity contribution in [3.05, 3.63) is 0 Å². The van der Waals surface area contributed by atoms with Gasteiger partial charge in [-0.2, -0.15) is 0 Å². The number of rotatable bonds is 1. The van der Waals surface area contributed by atoms with Gasteiger partial charge in [0.15, 0.2) is 0 Å². The maximum Gasteiger partial charge on any atom is 0.209 e. The summed E-state index contributed by atoms with van der Waals surface area (Å²) in [4.78, 5) is 10.9. The van der Waals surface area contributed by atoms with Crippen molar-refractivity contribution < 1.29 is 25.9 Å². The molecule has 0 aliphatic rings. The zero-order chi connectivity index (χ0) is 4.28. The van der Waals surface area contributed by atoms with E-state index in [0.29, 0.717) is 0 Å². The van der Waals surface area contributed by atoms with Gasteiger partial charge in [-0.05, 0) is 0 Å². The van der Waals surface area contributed by atoms with Crippen LogP contribution in [0.4, 0.5) is 0 Å². The van der Waals surface area contributed by atoms with Crippen LogP contribution >= 0.6 is 0 Å². The number of carbonyl (C=O) groups excluding carboxylic acids is 1. The Morgan fingerprint density at radius 3 is 1.67 bits per heavy atom. The van der Waals surface area contributed by atoms with Crippen molar-refractivity contribution in [2.24, 2.45) is 0 Å². The van der Waals surface area contributed by atoms with Gasteiger partial charge in [0.2, 0.25) is 6.41 Å². The molecule has 36 valence electrons. The molecule has 0 atom stereocenters. The summed E-state index contributed by atoms with van der Waals surface area (Å²) >= 11 is 0. The van der Waals surface area contributed by atoms with Gasteiger partial charge < -0.3 is 4.90 Å². The molecule has 0 saturated carbocycles. The Balaban J connectivity index is 0. The molecule has 0 fully saturated rings. The van der Waals surface area contributed by atoms with E-state index < -0.39 is 0 Å². The summed E-state index contributed by atoms with van der Waals surface area (Å²) < 4.78 is 0. The smallest absolute Gasteiger partial charge is 0.209 e. The first kappa shape index (κ1) is 9.48. The average molecular weight is 257 g/mol. The monoisotopic (exact) mass is 257 g/mol. The van der Waals surface area contributed by atoms with Gasteiger partial charge in [0.05, 0.1) is 0 Å². The van der Waals surface area contributed by atoms with Crippen molar-refractivity contribution in [1.82, 2.24) is 4.90 Å². The Bertz CT molecular complexity index is 37.8.